The summed E-state index contributed by atoms with van der Waals surface area (Å²) < 4.78 is 11.5. The van der Waals surface area contributed by atoms with Crippen molar-refractivity contribution in [3.8, 4) is 22.8 Å². The number of halogens is 2. The molecule has 0 saturated heterocycles. The molecular weight excluding hydrogens is 440 g/mol. The van der Waals surface area contributed by atoms with Gasteiger partial charge in [0.05, 0.1) is 17.3 Å². The van der Waals surface area contributed by atoms with Gasteiger partial charge in [0.15, 0.2) is 11.7 Å². The fourth-order valence-electron chi connectivity index (χ4n) is 2.12. The molecule has 1 heterocycles. The number of anilines is 1. The molecule has 0 radical (unpaired) electrons. The minimum absolute atomic E-state index is 0.107. The fraction of sp³-hybridized carbons (Fsp3) is 0.111. The average Bonchev–Trinajstić information content (AvgIpc) is 3.09. The Bertz CT molecular complexity index is 915. The van der Waals surface area contributed by atoms with Gasteiger partial charge in [0.25, 0.3) is 5.91 Å². The number of ether oxygens (including phenoxy) is 2. The highest BCUT2D eigenvalue weighted by molar-refractivity contribution is 9.10. The lowest BCUT2D eigenvalue weighted by Crippen LogP contribution is -2.20. The maximum absolute atomic E-state index is 12.0. The number of nitrogens with zero attached hydrogens (tertiary/aromatic N) is 1. The Labute approximate surface area is 168 Å². The lowest BCUT2D eigenvalue weighted by atomic mass is 10.2. The normalized spacial score (nSPS) is 10.4. The number of aromatic nitrogens is 1. The van der Waals surface area contributed by atoms with Gasteiger partial charge in [-0.15, -0.1) is 11.3 Å². The number of benzene rings is 2. The van der Waals surface area contributed by atoms with Gasteiger partial charge >= 0.3 is 0 Å². The van der Waals surface area contributed by atoms with Gasteiger partial charge < -0.3 is 9.47 Å². The number of carbonyl (C=O) groups excluding carboxylic acids is 1. The summed E-state index contributed by atoms with van der Waals surface area (Å²) in [6, 6.07) is 12.5. The number of nitrogens with one attached hydrogen (secondary N) is 1. The van der Waals surface area contributed by atoms with E-state index in [9.17, 15) is 4.79 Å². The van der Waals surface area contributed by atoms with Gasteiger partial charge in [-0.05, 0) is 58.4 Å². The van der Waals surface area contributed by atoms with Crippen molar-refractivity contribution >= 4 is 49.9 Å². The van der Waals surface area contributed by atoms with Crippen LogP contribution in [0.15, 0.2) is 52.3 Å². The maximum atomic E-state index is 12.0. The summed E-state index contributed by atoms with van der Waals surface area (Å²) >= 11 is 10.6. The molecule has 0 aliphatic rings. The van der Waals surface area contributed by atoms with Crippen LogP contribution in [0, 0.1) is 0 Å². The smallest absolute Gasteiger partial charge is 0.264 e. The molecule has 3 aromatic rings. The molecule has 8 heteroatoms. The van der Waals surface area contributed by atoms with Gasteiger partial charge in [-0.25, -0.2) is 4.98 Å². The monoisotopic (exact) mass is 452 g/mol. The Morgan fingerprint density at radius 3 is 2.73 bits per heavy atom. The van der Waals surface area contributed by atoms with Gasteiger partial charge in [-0.3, -0.25) is 10.1 Å². The molecule has 0 spiro atoms. The number of carbonyl (C=O) groups is 1. The van der Waals surface area contributed by atoms with Crippen molar-refractivity contribution < 1.29 is 14.3 Å². The van der Waals surface area contributed by atoms with Crippen LogP contribution in [0.1, 0.15) is 0 Å². The Hall–Kier alpha value is -2.09. The Kier molecular flexibility index (Phi) is 6.13. The first-order valence-electron chi connectivity index (χ1n) is 7.53. The zero-order chi connectivity index (χ0) is 18.5. The lowest BCUT2D eigenvalue weighted by molar-refractivity contribution is -0.118. The van der Waals surface area contributed by atoms with Crippen LogP contribution in [0.3, 0.4) is 0 Å². The third-order valence-electron chi connectivity index (χ3n) is 3.38. The van der Waals surface area contributed by atoms with Crippen molar-refractivity contribution in [1.82, 2.24) is 4.98 Å². The SMILES string of the molecule is COc1ccc(-c2csc(NC(=O)COc3ccc(Cl)cc3)n2)cc1Br. The first-order valence-corrected chi connectivity index (χ1v) is 9.58. The Morgan fingerprint density at radius 2 is 2.04 bits per heavy atom. The summed E-state index contributed by atoms with van der Waals surface area (Å²) in [5.41, 5.74) is 1.69. The van der Waals surface area contributed by atoms with E-state index >= 15 is 0 Å². The molecule has 1 N–H and O–H groups in total. The number of hydrogen-bond donors (Lipinski definition) is 1. The van der Waals surface area contributed by atoms with Gasteiger partial charge in [0.1, 0.15) is 11.5 Å². The Morgan fingerprint density at radius 1 is 1.27 bits per heavy atom. The van der Waals surface area contributed by atoms with Crippen LogP contribution >= 0.6 is 38.9 Å². The van der Waals surface area contributed by atoms with Crippen LogP contribution in [0.5, 0.6) is 11.5 Å². The minimum Gasteiger partial charge on any atom is -0.496 e. The number of thiazole rings is 1. The third-order valence-corrected chi connectivity index (χ3v) is 5.01. The van der Waals surface area contributed by atoms with Crippen LogP contribution < -0.4 is 14.8 Å². The molecule has 5 nitrogen and oxygen atoms in total. The third kappa shape index (κ3) is 4.75. The highest BCUT2D eigenvalue weighted by Crippen LogP contribution is 2.32. The zero-order valence-electron chi connectivity index (χ0n) is 13.7. The molecule has 3 rings (SSSR count). The molecule has 26 heavy (non-hydrogen) atoms. The molecule has 0 bridgehead atoms. The predicted octanol–water partition coefficient (Wildman–Crippen LogP) is 5.25. The second-order valence-corrected chi connectivity index (χ2v) is 7.33. The van der Waals surface area contributed by atoms with E-state index in [1.54, 1.807) is 31.4 Å². The van der Waals surface area contributed by atoms with E-state index in [0.717, 1.165) is 21.5 Å². The topological polar surface area (TPSA) is 60.5 Å². The van der Waals surface area contributed by atoms with E-state index < -0.39 is 0 Å². The molecule has 0 atom stereocenters. The second kappa shape index (κ2) is 8.53. The van der Waals surface area contributed by atoms with E-state index in [1.165, 1.54) is 11.3 Å². The molecule has 0 aliphatic carbocycles. The molecular formula is C18H14BrClN2O3S. The fourth-order valence-corrected chi connectivity index (χ4v) is 3.53. The molecule has 1 amide bonds. The highest BCUT2D eigenvalue weighted by atomic mass is 79.9. The zero-order valence-corrected chi connectivity index (χ0v) is 16.8. The molecule has 134 valence electrons. The summed E-state index contributed by atoms with van der Waals surface area (Å²) in [5.74, 6) is 1.04. The number of amides is 1. The number of hydrogen-bond acceptors (Lipinski definition) is 5. The standard InChI is InChI=1S/C18H14BrClN2O3S/c1-24-16-7-2-11(8-14(16)19)15-10-26-18(21-15)22-17(23)9-25-13-5-3-12(20)4-6-13/h2-8,10H,9H2,1H3,(H,21,22,23). The highest BCUT2D eigenvalue weighted by Gasteiger charge is 2.10. The molecule has 0 fully saturated rings. The van der Waals surface area contributed by atoms with Crippen molar-refractivity contribution in [2.24, 2.45) is 0 Å². The molecule has 0 unspecified atom stereocenters. The first-order chi connectivity index (χ1) is 12.5. The van der Waals surface area contributed by atoms with Crippen LogP contribution in [-0.4, -0.2) is 24.6 Å². The summed E-state index contributed by atoms with van der Waals surface area (Å²) in [4.78, 5) is 16.5. The lowest BCUT2D eigenvalue weighted by Gasteiger charge is -2.06. The number of rotatable bonds is 6. The van der Waals surface area contributed by atoms with E-state index in [1.807, 2.05) is 23.6 Å². The summed E-state index contributed by atoms with van der Waals surface area (Å²) in [7, 11) is 1.61. The summed E-state index contributed by atoms with van der Waals surface area (Å²) in [5, 5.41) is 5.73. The van der Waals surface area contributed by atoms with Gasteiger partial charge in [-0.2, -0.15) is 0 Å². The molecule has 1 aromatic heterocycles. The predicted molar refractivity (Wildman–Crippen MR) is 107 cm³/mol. The molecule has 0 aliphatic heterocycles. The van der Waals surface area contributed by atoms with Crippen LogP contribution in [0.4, 0.5) is 5.13 Å². The minimum atomic E-state index is -0.281. The van der Waals surface area contributed by atoms with Crippen molar-refractivity contribution in [2.45, 2.75) is 0 Å². The van der Waals surface area contributed by atoms with E-state index in [-0.39, 0.29) is 12.5 Å². The molecule has 0 saturated carbocycles. The van der Waals surface area contributed by atoms with Crippen LogP contribution in [0.2, 0.25) is 5.02 Å². The van der Waals surface area contributed by atoms with Crippen molar-refractivity contribution in [1.29, 1.82) is 0 Å². The van der Waals surface area contributed by atoms with E-state index in [0.29, 0.717) is 15.9 Å². The molecule has 2 aromatic carbocycles. The quantitative estimate of drug-likeness (QED) is 0.553. The van der Waals surface area contributed by atoms with Crippen molar-refractivity contribution in [3.05, 3.63) is 57.3 Å². The van der Waals surface area contributed by atoms with Crippen LogP contribution in [0.25, 0.3) is 11.3 Å². The average molecular weight is 454 g/mol. The first kappa shape index (κ1) is 18.7. The maximum Gasteiger partial charge on any atom is 0.264 e. The second-order valence-electron chi connectivity index (χ2n) is 5.18. The van der Waals surface area contributed by atoms with Gasteiger partial charge in [0, 0.05) is 16.0 Å². The summed E-state index contributed by atoms with van der Waals surface area (Å²) in [6.45, 7) is -0.107. The number of methoxy groups -OCH3 is 1. The Balaban J connectivity index is 1.60. The van der Waals surface area contributed by atoms with Crippen LogP contribution in [-0.2, 0) is 4.79 Å². The van der Waals surface area contributed by atoms with Gasteiger partial charge in [0.2, 0.25) is 0 Å². The van der Waals surface area contributed by atoms with E-state index in [2.05, 4.69) is 26.2 Å². The van der Waals surface area contributed by atoms with Crippen molar-refractivity contribution in [3.63, 3.8) is 0 Å². The summed E-state index contributed by atoms with van der Waals surface area (Å²) in [6.07, 6.45) is 0. The van der Waals surface area contributed by atoms with Crippen molar-refractivity contribution in [2.75, 3.05) is 19.0 Å². The largest absolute Gasteiger partial charge is 0.496 e. The van der Waals surface area contributed by atoms with Gasteiger partial charge in [-0.1, -0.05) is 11.6 Å². The van der Waals surface area contributed by atoms with E-state index in [4.69, 9.17) is 21.1 Å².